The SMILES string of the molecule is C[C@@H](OC(=O)Nc1c(-c2cc(F)c(Oc3ccccc3C(=O)O)c(F)c2)cnn1C)c1ccccc1. The second kappa shape index (κ2) is 10.3. The number of aromatic nitrogens is 2. The number of carbonyl (C=O) groups is 2. The van der Waals surface area contributed by atoms with Gasteiger partial charge in [0.25, 0.3) is 0 Å². The van der Waals surface area contributed by atoms with Gasteiger partial charge in [0.2, 0.25) is 0 Å². The Labute approximate surface area is 204 Å². The Morgan fingerprint density at radius 3 is 2.33 bits per heavy atom. The van der Waals surface area contributed by atoms with Gasteiger partial charge in [0.15, 0.2) is 17.4 Å². The lowest BCUT2D eigenvalue weighted by Gasteiger charge is -2.15. The second-order valence-electron chi connectivity index (χ2n) is 7.79. The molecule has 0 unspecified atom stereocenters. The van der Waals surface area contributed by atoms with E-state index in [1.54, 1.807) is 14.0 Å². The van der Waals surface area contributed by atoms with Crippen LogP contribution in [0.15, 0.2) is 72.9 Å². The fourth-order valence-electron chi connectivity index (χ4n) is 3.53. The number of halogens is 2. The first-order valence-electron chi connectivity index (χ1n) is 10.8. The van der Waals surface area contributed by atoms with Gasteiger partial charge < -0.3 is 14.6 Å². The molecule has 3 aromatic carbocycles. The molecule has 0 spiro atoms. The zero-order valence-corrected chi connectivity index (χ0v) is 19.2. The minimum Gasteiger partial charge on any atom is -0.478 e. The Kier molecular flexibility index (Phi) is 6.95. The van der Waals surface area contributed by atoms with Crippen LogP contribution in [0.5, 0.6) is 11.5 Å². The van der Waals surface area contributed by atoms with E-state index in [1.807, 2.05) is 30.3 Å². The number of carboxylic acids is 1. The van der Waals surface area contributed by atoms with Crippen LogP contribution in [0.1, 0.15) is 28.9 Å². The highest BCUT2D eigenvalue weighted by atomic mass is 19.1. The number of carbonyl (C=O) groups excluding carboxylic acids is 1. The first-order valence-corrected chi connectivity index (χ1v) is 10.8. The van der Waals surface area contributed by atoms with Gasteiger partial charge in [0.1, 0.15) is 23.2 Å². The van der Waals surface area contributed by atoms with E-state index < -0.39 is 35.6 Å². The molecule has 0 aliphatic carbocycles. The lowest BCUT2D eigenvalue weighted by molar-refractivity contribution is 0.0693. The van der Waals surface area contributed by atoms with E-state index in [9.17, 15) is 23.5 Å². The molecule has 0 saturated heterocycles. The van der Waals surface area contributed by atoms with E-state index in [4.69, 9.17) is 9.47 Å². The third-order valence-corrected chi connectivity index (χ3v) is 5.35. The third kappa shape index (κ3) is 5.17. The van der Waals surface area contributed by atoms with Crippen LogP contribution in [0.25, 0.3) is 11.1 Å². The van der Waals surface area contributed by atoms with Gasteiger partial charge in [-0.15, -0.1) is 0 Å². The number of para-hydroxylation sites is 1. The molecule has 0 saturated carbocycles. The zero-order chi connectivity index (χ0) is 25.8. The number of rotatable bonds is 7. The Morgan fingerprint density at radius 1 is 1.03 bits per heavy atom. The smallest absolute Gasteiger partial charge is 0.413 e. The molecular formula is C26H21F2N3O5. The van der Waals surface area contributed by atoms with Crippen LogP contribution in [0.4, 0.5) is 19.4 Å². The van der Waals surface area contributed by atoms with Crippen molar-refractivity contribution in [2.75, 3.05) is 5.32 Å². The van der Waals surface area contributed by atoms with Crippen LogP contribution >= 0.6 is 0 Å². The largest absolute Gasteiger partial charge is 0.478 e. The molecule has 184 valence electrons. The number of hydrogen-bond acceptors (Lipinski definition) is 5. The average Bonchev–Trinajstić information content (AvgIpc) is 3.21. The van der Waals surface area contributed by atoms with Gasteiger partial charge in [-0.3, -0.25) is 10.00 Å². The number of amides is 1. The molecule has 1 aromatic heterocycles. The predicted octanol–water partition coefficient (Wildman–Crippen LogP) is 6.17. The minimum atomic E-state index is -1.30. The van der Waals surface area contributed by atoms with Crippen LogP contribution in [0, 0.1) is 11.6 Å². The number of ether oxygens (including phenoxy) is 2. The topological polar surface area (TPSA) is 103 Å². The summed E-state index contributed by atoms with van der Waals surface area (Å²) in [5.41, 5.74) is 0.852. The fraction of sp³-hybridized carbons (Fsp3) is 0.115. The van der Waals surface area contributed by atoms with Crippen molar-refractivity contribution in [3.63, 3.8) is 0 Å². The second-order valence-corrected chi connectivity index (χ2v) is 7.79. The van der Waals surface area contributed by atoms with Crippen LogP contribution < -0.4 is 10.1 Å². The average molecular weight is 493 g/mol. The summed E-state index contributed by atoms with van der Waals surface area (Å²) in [7, 11) is 1.55. The molecule has 1 amide bonds. The van der Waals surface area contributed by atoms with Crippen molar-refractivity contribution in [1.82, 2.24) is 9.78 Å². The van der Waals surface area contributed by atoms with E-state index in [2.05, 4.69) is 10.4 Å². The number of aryl methyl sites for hydroxylation is 1. The number of benzene rings is 3. The molecule has 4 aromatic rings. The number of nitrogens with zero attached hydrogens (tertiary/aromatic N) is 2. The summed E-state index contributed by atoms with van der Waals surface area (Å²) in [4.78, 5) is 23.9. The monoisotopic (exact) mass is 493 g/mol. The van der Waals surface area contributed by atoms with Gasteiger partial charge in [-0.25, -0.2) is 18.4 Å². The third-order valence-electron chi connectivity index (χ3n) is 5.35. The molecule has 0 aliphatic rings. The predicted molar refractivity (Wildman–Crippen MR) is 127 cm³/mol. The van der Waals surface area contributed by atoms with E-state index in [0.717, 1.165) is 17.7 Å². The summed E-state index contributed by atoms with van der Waals surface area (Å²) in [5.74, 6) is -4.26. The Balaban J connectivity index is 1.58. The molecule has 0 aliphatic heterocycles. The normalized spacial score (nSPS) is 11.6. The van der Waals surface area contributed by atoms with Gasteiger partial charge in [-0.1, -0.05) is 42.5 Å². The van der Waals surface area contributed by atoms with Crippen LogP contribution in [-0.4, -0.2) is 26.9 Å². The van der Waals surface area contributed by atoms with E-state index >= 15 is 0 Å². The number of carboxylic acid groups (broad SMARTS) is 1. The number of hydrogen-bond donors (Lipinski definition) is 2. The van der Waals surface area contributed by atoms with Crippen LogP contribution in [-0.2, 0) is 11.8 Å². The molecule has 10 heteroatoms. The van der Waals surface area contributed by atoms with Crippen molar-refractivity contribution in [3.8, 4) is 22.6 Å². The van der Waals surface area contributed by atoms with Crippen LogP contribution in [0.3, 0.4) is 0 Å². The highest BCUT2D eigenvalue weighted by Gasteiger charge is 2.22. The molecular weight excluding hydrogens is 472 g/mol. The van der Waals surface area contributed by atoms with Gasteiger partial charge in [0, 0.05) is 12.6 Å². The molecule has 36 heavy (non-hydrogen) atoms. The van der Waals surface area contributed by atoms with Gasteiger partial charge in [-0.2, -0.15) is 5.10 Å². The van der Waals surface area contributed by atoms with E-state index in [1.165, 1.54) is 35.1 Å². The molecule has 4 rings (SSSR count). The van der Waals surface area contributed by atoms with Crippen molar-refractivity contribution in [1.29, 1.82) is 0 Å². The first kappa shape index (κ1) is 24.4. The summed E-state index contributed by atoms with van der Waals surface area (Å²) in [6.07, 6.45) is 0.0234. The first-order chi connectivity index (χ1) is 17.2. The van der Waals surface area contributed by atoms with Crippen molar-refractivity contribution in [2.45, 2.75) is 13.0 Å². The summed E-state index contributed by atoms with van der Waals surface area (Å²) in [6.45, 7) is 1.71. The molecule has 2 N–H and O–H groups in total. The molecule has 0 bridgehead atoms. The zero-order valence-electron chi connectivity index (χ0n) is 19.2. The molecule has 0 radical (unpaired) electrons. The standard InChI is InChI=1S/C26H21F2N3O5/c1-15(16-8-4-3-5-9-16)35-26(34)30-24-19(14-29-31(24)2)17-12-20(27)23(21(28)13-17)36-22-11-7-6-10-18(22)25(32)33/h3-15H,1-2H3,(H,30,34)(H,32,33)/t15-/m1/s1. The van der Waals surface area contributed by atoms with Gasteiger partial charge in [-0.05, 0) is 42.3 Å². The summed E-state index contributed by atoms with van der Waals surface area (Å²) >= 11 is 0. The Bertz CT molecular complexity index is 1400. The molecule has 8 nitrogen and oxygen atoms in total. The number of aromatic carboxylic acids is 1. The van der Waals surface area contributed by atoms with Crippen LogP contribution in [0.2, 0.25) is 0 Å². The number of anilines is 1. The molecule has 0 fully saturated rings. The number of nitrogens with one attached hydrogen (secondary N) is 1. The summed E-state index contributed by atoms with van der Waals surface area (Å²) in [6, 6.07) is 16.6. The van der Waals surface area contributed by atoms with Crippen molar-refractivity contribution in [3.05, 3.63) is 95.7 Å². The van der Waals surface area contributed by atoms with Crippen molar-refractivity contribution < 1.29 is 33.0 Å². The lowest BCUT2D eigenvalue weighted by atomic mass is 10.1. The van der Waals surface area contributed by atoms with Gasteiger partial charge >= 0.3 is 12.1 Å². The minimum absolute atomic E-state index is 0.0726. The maximum Gasteiger partial charge on any atom is 0.413 e. The highest BCUT2D eigenvalue weighted by Crippen LogP contribution is 2.36. The van der Waals surface area contributed by atoms with Crippen molar-refractivity contribution >= 4 is 17.9 Å². The Hall–Kier alpha value is -4.73. The summed E-state index contributed by atoms with van der Waals surface area (Å²) in [5, 5.41) is 15.9. The molecule has 1 atom stereocenters. The van der Waals surface area contributed by atoms with E-state index in [0.29, 0.717) is 0 Å². The molecule has 1 heterocycles. The quantitative estimate of drug-likeness (QED) is 0.319. The fourth-order valence-corrected chi connectivity index (χ4v) is 3.53. The maximum atomic E-state index is 14.9. The Morgan fingerprint density at radius 2 is 1.67 bits per heavy atom. The van der Waals surface area contributed by atoms with E-state index in [-0.39, 0.29) is 28.3 Å². The maximum absolute atomic E-state index is 14.9. The van der Waals surface area contributed by atoms with Crippen molar-refractivity contribution in [2.24, 2.45) is 7.05 Å². The lowest BCUT2D eigenvalue weighted by Crippen LogP contribution is -2.18. The van der Waals surface area contributed by atoms with Gasteiger partial charge in [0.05, 0.1) is 6.20 Å². The summed E-state index contributed by atoms with van der Waals surface area (Å²) < 4.78 is 41.9. The highest BCUT2D eigenvalue weighted by molar-refractivity contribution is 5.91.